The number of aliphatic hydroxyl groups excluding tert-OH is 1. The number of ether oxygens (including phenoxy) is 1. The largest absolute Gasteiger partial charge is 0.380 e. The maximum absolute atomic E-state index is 13.8. The van der Waals surface area contributed by atoms with Crippen molar-refractivity contribution in [3.63, 3.8) is 0 Å². The normalized spacial score (nSPS) is 12.2. The molecule has 0 aromatic heterocycles. The average molecular weight is 540 g/mol. The van der Waals surface area contributed by atoms with Crippen molar-refractivity contribution in [3.8, 4) is 12.3 Å². The molecule has 2 rings (SSSR count). The van der Waals surface area contributed by atoms with E-state index in [1.165, 1.54) is 0 Å². The molecule has 2 unspecified atom stereocenters. The van der Waals surface area contributed by atoms with Gasteiger partial charge >= 0.3 is 0 Å². The lowest BCUT2D eigenvalue weighted by Gasteiger charge is -2.30. The van der Waals surface area contributed by atoms with Gasteiger partial charge in [0.15, 0.2) is 6.10 Å². The number of carbonyl (C=O) groups is 3. The van der Waals surface area contributed by atoms with Crippen molar-refractivity contribution in [3.05, 3.63) is 71.3 Å². The minimum Gasteiger partial charge on any atom is -0.380 e. The van der Waals surface area contributed by atoms with Gasteiger partial charge in [-0.1, -0.05) is 42.3 Å². The summed E-state index contributed by atoms with van der Waals surface area (Å²) in [6.45, 7) is -2.34. The standard InChI is InChI=1S/C25H26F4N2O4.CH3NO/c1-3-12-35-21(13-17-8-5-4-6-9-17)23(33)24(34)31(16-25(2,28)29)15-22(32)30-14-18-19(26)10-7-11-20(18)27;2-1-3/h1,4-11,21,23,33H,12-16H2,2H3,(H,30,32);1H,(H2,2,3). The van der Waals surface area contributed by atoms with Crippen molar-refractivity contribution in [1.29, 1.82) is 0 Å². The van der Waals surface area contributed by atoms with Gasteiger partial charge in [-0.05, 0) is 17.7 Å². The molecule has 0 aliphatic heterocycles. The summed E-state index contributed by atoms with van der Waals surface area (Å²) in [5.41, 5.74) is 4.43. The number of hydrogen-bond acceptors (Lipinski definition) is 5. The highest BCUT2D eigenvalue weighted by Crippen LogP contribution is 2.18. The summed E-state index contributed by atoms with van der Waals surface area (Å²) in [6.07, 6.45) is 2.41. The lowest BCUT2D eigenvalue weighted by atomic mass is 10.0. The van der Waals surface area contributed by atoms with Crippen LogP contribution in [0.15, 0.2) is 48.5 Å². The van der Waals surface area contributed by atoms with Gasteiger partial charge in [-0.2, -0.15) is 0 Å². The molecule has 2 aromatic rings. The van der Waals surface area contributed by atoms with Gasteiger partial charge in [0.2, 0.25) is 12.3 Å². The first-order valence-electron chi connectivity index (χ1n) is 11.2. The Morgan fingerprint density at radius 3 is 2.29 bits per heavy atom. The second kappa shape index (κ2) is 16.0. The molecule has 0 fully saturated rings. The highest BCUT2D eigenvalue weighted by Gasteiger charge is 2.36. The van der Waals surface area contributed by atoms with Crippen LogP contribution in [0.4, 0.5) is 17.6 Å². The Kier molecular flexibility index (Phi) is 13.5. The minimum absolute atomic E-state index is 0.0462. The Morgan fingerprint density at radius 2 is 1.76 bits per heavy atom. The molecule has 0 saturated carbocycles. The number of primary amides is 1. The molecule has 0 bridgehead atoms. The number of carbonyl (C=O) groups excluding carboxylic acids is 3. The van der Waals surface area contributed by atoms with Crippen molar-refractivity contribution in [1.82, 2.24) is 10.2 Å². The van der Waals surface area contributed by atoms with E-state index in [0.717, 1.165) is 18.2 Å². The van der Waals surface area contributed by atoms with Crippen molar-refractivity contribution >= 4 is 18.2 Å². The number of alkyl halides is 2. The number of aliphatic hydroxyl groups is 1. The van der Waals surface area contributed by atoms with E-state index in [9.17, 15) is 32.3 Å². The number of benzene rings is 2. The summed E-state index contributed by atoms with van der Waals surface area (Å²) < 4.78 is 60.5. The van der Waals surface area contributed by atoms with Gasteiger partial charge in [-0.25, -0.2) is 17.6 Å². The van der Waals surface area contributed by atoms with Crippen LogP contribution in [-0.2, 0) is 32.1 Å². The number of hydrogen-bond donors (Lipinski definition) is 3. The molecule has 4 N–H and O–H groups in total. The first kappa shape index (κ1) is 32.1. The molecule has 2 aromatic carbocycles. The van der Waals surface area contributed by atoms with Crippen molar-refractivity contribution < 1.29 is 41.8 Å². The third kappa shape index (κ3) is 11.4. The molecular formula is C26H29F4N3O5. The lowest BCUT2D eigenvalue weighted by molar-refractivity contribution is -0.155. The van der Waals surface area contributed by atoms with Gasteiger partial charge < -0.3 is 25.8 Å². The Balaban J connectivity index is 0.00000229. The second-order valence-electron chi connectivity index (χ2n) is 8.07. The van der Waals surface area contributed by atoms with Crippen LogP contribution in [0.5, 0.6) is 0 Å². The van der Waals surface area contributed by atoms with Crippen LogP contribution in [0.2, 0.25) is 0 Å². The van der Waals surface area contributed by atoms with Crippen molar-refractivity contribution in [2.45, 2.75) is 38.0 Å². The van der Waals surface area contributed by atoms with Crippen LogP contribution < -0.4 is 11.1 Å². The van der Waals surface area contributed by atoms with Gasteiger partial charge in [0, 0.05) is 25.5 Å². The van der Waals surface area contributed by atoms with E-state index in [0.29, 0.717) is 17.4 Å². The molecule has 12 heteroatoms. The summed E-state index contributed by atoms with van der Waals surface area (Å²) in [4.78, 5) is 34.4. The van der Waals surface area contributed by atoms with E-state index in [4.69, 9.17) is 16.0 Å². The first-order valence-corrected chi connectivity index (χ1v) is 11.2. The number of terminal acetylenes is 1. The number of rotatable bonds is 12. The Bertz CT molecular complexity index is 1070. The van der Waals surface area contributed by atoms with Crippen LogP contribution in [0.3, 0.4) is 0 Å². The molecular weight excluding hydrogens is 510 g/mol. The van der Waals surface area contributed by atoms with Gasteiger partial charge in [-0.15, -0.1) is 6.42 Å². The molecule has 0 aliphatic carbocycles. The molecule has 0 spiro atoms. The van der Waals surface area contributed by atoms with Crippen LogP contribution in [-0.4, -0.2) is 66.1 Å². The van der Waals surface area contributed by atoms with Crippen molar-refractivity contribution in [2.24, 2.45) is 5.73 Å². The van der Waals surface area contributed by atoms with E-state index < -0.39 is 66.8 Å². The smallest absolute Gasteiger partial charge is 0.262 e. The first-order chi connectivity index (χ1) is 17.9. The zero-order valence-corrected chi connectivity index (χ0v) is 20.6. The van der Waals surface area contributed by atoms with E-state index >= 15 is 0 Å². The molecule has 2 atom stereocenters. The number of nitrogens with two attached hydrogens (primary N) is 1. The molecule has 0 aliphatic rings. The predicted molar refractivity (Wildman–Crippen MR) is 130 cm³/mol. The van der Waals surface area contributed by atoms with E-state index in [2.05, 4.69) is 17.0 Å². The zero-order chi connectivity index (χ0) is 28.7. The summed E-state index contributed by atoms with van der Waals surface area (Å²) in [7, 11) is 0. The van der Waals surface area contributed by atoms with E-state index in [1.807, 2.05) is 0 Å². The number of halogens is 4. The van der Waals surface area contributed by atoms with E-state index in [1.54, 1.807) is 30.3 Å². The Morgan fingerprint density at radius 1 is 1.18 bits per heavy atom. The second-order valence-corrected chi connectivity index (χ2v) is 8.07. The van der Waals surface area contributed by atoms with Gasteiger partial charge in [0.05, 0.1) is 19.2 Å². The highest BCUT2D eigenvalue weighted by atomic mass is 19.3. The molecule has 0 heterocycles. The van der Waals surface area contributed by atoms with Crippen LogP contribution in [0.25, 0.3) is 0 Å². The third-order valence-electron chi connectivity index (χ3n) is 4.90. The maximum Gasteiger partial charge on any atom is 0.262 e. The summed E-state index contributed by atoms with van der Waals surface area (Å²) in [5, 5.41) is 12.9. The minimum atomic E-state index is -3.40. The summed E-state index contributed by atoms with van der Waals surface area (Å²) in [6, 6.07) is 11.8. The fourth-order valence-electron chi connectivity index (χ4n) is 3.27. The lowest BCUT2D eigenvalue weighted by Crippen LogP contribution is -2.52. The molecule has 38 heavy (non-hydrogen) atoms. The molecule has 0 radical (unpaired) electrons. The topological polar surface area (TPSA) is 122 Å². The Hall–Kier alpha value is -3.95. The SMILES string of the molecule is C#CCOC(Cc1ccccc1)C(O)C(=O)N(CC(=O)NCc1c(F)cccc1F)CC(C)(F)F.NC=O. The molecule has 3 amide bonds. The van der Waals surface area contributed by atoms with Gasteiger partial charge in [0.1, 0.15) is 18.2 Å². The zero-order valence-electron chi connectivity index (χ0n) is 20.6. The summed E-state index contributed by atoms with van der Waals surface area (Å²) in [5.74, 6) is -5.13. The fourth-order valence-corrected chi connectivity index (χ4v) is 3.27. The number of amides is 3. The van der Waals surface area contributed by atoms with Gasteiger partial charge in [-0.3, -0.25) is 14.4 Å². The number of nitrogens with zero attached hydrogens (tertiary/aromatic N) is 1. The van der Waals surface area contributed by atoms with Crippen LogP contribution in [0, 0.1) is 24.0 Å². The van der Waals surface area contributed by atoms with E-state index in [-0.39, 0.29) is 19.4 Å². The molecule has 8 nitrogen and oxygen atoms in total. The van der Waals surface area contributed by atoms with Gasteiger partial charge in [0.25, 0.3) is 11.8 Å². The predicted octanol–water partition coefficient (Wildman–Crippen LogP) is 1.79. The molecule has 0 saturated heterocycles. The monoisotopic (exact) mass is 539 g/mol. The fraction of sp³-hybridized carbons (Fsp3) is 0.346. The quantitative estimate of drug-likeness (QED) is 0.216. The Labute approximate surface area is 217 Å². The highest BCUT2D eigenvalue weighted by molar-refractivity contribution is 5.87. The van der Waals surface area contributed by atoms with Crippen molar-refractivity contribution in [2.75, 3.05) is 19.7 Å². The molecule has 206 valence electrons. The third-order valence-corrected chi connectivity index (χ3v) is 4.90. The average Bonchev–Trinajstić information content (AvgIpc) is 2.85. The maximum atomic E-state index is 13.8. The summed E-state index contributed by atoms with van der Waals surface area (Å²) >= 11 is 0. The van der Waals surface area contributed by atoms with Crippen LogP contribution >= 0.6 is 0 Å². The number of nitrogens with one attached hydrogen (secondary N) is 1. The van der Waals surface area contributed by atoms with Crippen LogP contribution in [0.1, 0.15) is 18.1 Å².